The van der Waals surface area contributed by atoms with Gasteiger partial charge in [0.15, 0.2) is 5.11 Å². The van der Waals surface area contributed by atoms with Crippen molar-refractivity contribution in [2.75, 3.05) is 27.3 Å². The topological polar surface area (TPSA) is 50.8 Å². The first-order valence-electron chi connectivity index (χ1n) is 7.36. The minimum atomic E-state index is -0.249. The molecule has 1 amide bonds. The molecule has 0 aromatic heterocycles. The lowest BCUT2D eigenvalue weighted by atomic mass is 10.00. The molecule has 0 radical (unpaired) electrons. The molecular formula is C16H22N2O3S. The highest BCUT2D eigenvalue weighted by molar-refractivity contribution is 7.80. The van der Waals surface area contributed by atoms with Crippen LogP contribution in [0.3, 0.4) is 0 Å². The van der Waals surface area contributed by atoms with Crippen LogP contribution in [0.1, 0.15) is 30.1 Å². The predicted molar refractivity (Wildman–Crippen MR) is 89.6 cm³/mol. The molecule has 22 heavy (non-hydrogen) atoms. The maximum atomic E-state index is 12.4. The van der Waals surface area contributed by atoms with Crippen molar-refractivity contribution in [2.45, 2.75) is 19.8 Å². The van der Waals surface area contributed by atoms with Crippen molar-refractivity contribution in [1.82, 2.24) is 10.2 Å². The van der Waals surface area contributed by atoms with Gasteiger partial charge in [0, 0.05) is 24.7 Å². The summed E-state index contributed by atoms with van der Waals surface area (Å²) in [5.74, 6) is 1.61. The molecule has 1 heterocycles. The predicted octanol–water partition coefficient (Wildman–Crippen LogP) is 2.45. The van der Waals surface area contributed by atoms with Gasteiger partial charge in [-0.05, 0) is 43.1 Å². The second-order valence-corrected chi connectivity index (χ2v) is 5.92. The summed E-state index contributed by atoms with van der Waals surface area (Å²) in [4.78, 5) is 14.4. The van der Waals surface area contributed by atoms with Crippen LogP contribution in [0.4, 0.5) is 0 Å². The van der Waals surface area contributed by atoms with Crippen LogP contribution in [-0.4, -0.2) is 43.2 Å². The molecule has 1 aromatic carbocycles. The van der Waals surface area contributed by atoms with Gasteiger partial charge in [-0.3, -0.25) is 10.1 Å². The van der Waals surface area contributed by atoms with E-state index in [4.69, 9.17) is 21.7 Å². The van der Waals surface area contributed by atoms with Crippen LogP contribution in [0.25, 0.3) is 0 Å². The third kappa shape index (κ3) is 4.10. The first kappa shape index (κ1) is 16.5. The average Bonchev–Trinajstić information content (AvgIpc) is 2.54. The Morgan fingerprint density at radius 2 is 1.73 bits per heavy atom. The number of likely N-dealkylation sites (tertiary alicyclic amines) is 1. The third-order valence-corrected chi connectivity index (χ3v) is 4.27. The normalized spacial score (nSPS) is 15.3. The number of piperidine rings is 1. The van der Waals surface area contributed by atoms with Crippen LogP contribution < -0.4 is 14.8 Å². The molecule has 0 spiro atoms. The number of rotatable bonds is 3. The zero-order chi connectivity index (χ0) is 16.1. The standard InChI is InChI=1S/C16H22N2O3S/c1-11-4-6-18(7-5-11)16(22)17-15(19)12-8-13(20-2)10-14(9-12)21-3/h8-11H,4-7H2,1-3H3,(H,17,19,22). The average molecular weight is 322 g/mol. The maximum Gasteiger partial charge on any atom is 0.257 e. The number of nitrogens with zero attached hydrogens (tertiary/aromatic N) is 1. The number of benzene rings is 1. The van der Waals surface area contributed by atoms with Gasteiger partial charge < -0.3 is 14.4 Å². The second-order valence-electron chi connectivity index (χ2n) is 5.53. The molecular weight excluding hydrogens is 300 g/mol. The van der Waals surface area contributed by atoms with E-state index in [9.17, 15) is 4.79 Å². The molecule has 1 aromatic rings. The molecule has 1 aliphatic heterocycles. The van der Waals surface area contributed by atoms with Gasteiger partial charge in [-0.2, -0.15) is 0 Å². The van der Waals surface area contributed by atoms with Crippen molar-refractivity contribution in [3.63, 3.8) is 0 Å². The van der Waals surface area contributed by atoms with Crippen molar-refractivity contribution >= 4 is 23.2 Å². The van der Waals surface area contributed by atoms with E-state index < -0.39 is 0 Å². The van der Waals surface area contributed by atoms with Crippen molar-refractivity contribution in [1.29, 1.82) is 0 Å². The SMILES string of the molecule is COc1cc(OC)cc(C(=O)NC(=S)N2CCC(C)CC2)c1. The van der Waals surface area contributed by atoms with Gasteiger partial charge in [0.25, 0.3) is 5.91 Å². The molecule has 2 rings (SSSR count). The van der Waals surface area contributed by atoms with Crippen molar-refractivity contribution in [3.05, 3.63) is 23.8 Å². The number of nitrogens with one attached hydrogen (secondary N) is 1. The molecule has 1 fully saturated rings. The van der Waals surface area contributed by atoms with Crippen LogP contribution >= 0.6 is 12.2 Å². The van der Waals surface area contributed by atoms with Gasteiger partial charge in [0.05, 0.1) is 14.2 Å². The van der Waals surface area contributed by atoms with Crippen molar-refractivity contribution in [3.8, 4) is 11.5 Å². The number of thiocarbonyl (C=S) groups is 1. The summed E-state index contributed by atoms with van der Waals surface area (Å²) in [5, 5.41) is 3.28. The first-order valence-corrected chi connectivity index (χ1v) is 7.77. The molecule has 1 saturated heterocycles. The zero-order valence-corrected chi connectivity index (χ0v) is 14.0. The molecule has 1 N–H and O–H groups in total. The van der Waals surface area contributed by atoms with E-state index >= 15 is 0 Å². The summed E-state index contributed by atoms with van der Waals surface area (Å²) in [6, 6.07) is 5.05. The first-order chi connectivity index (χ1) is 10.5. The molecule has 6 heteroatoms. The quantitative estimate of drug-likeness (QED) is 0.866. The molecule has 0 unspecified atom stereocenters. The minimum Gasteiger partial charge on any atom is -0.497 e. The number of hydrogen-bond donors (Lipinski definition) is 1. The van der Waals surface area contributed by atoms with E-state index in [0.717, 1.165) is 31.8 Å². The summed E-state index contributed by atoms with van der Waals surface area (Å²) in [6.07, 6.45) is 2.20. The number of hydrogen-bond acceptors (Lipinski definition) is 4. The monoisotopic (exact) mass is 322 g/mol. The minimum absolute atomic E-state index is 0.249. The summed E-state index contributed by atoms with van der Waals surface area (Å²) >= 11 is 5.34. The largest absolute Gasteiger partial charge is 0.497 e. The molecule has 5 nitrogen and oxygen atoms in total. The van der Waals surface area contributed by atoms with Crippen LogP contribution in [0.15, 0.2) is 18.2 Å². The number of ether oxygens (including phenoxy) is 2. The van der Waals surface area contributed by atoms with Gasteiger partial charge in [0.1, 0.15) is 11.5 Å². The van der Waals surface area contributed by atoms with Crippen molar-refractivity contribution < 1.29 is 14.3 Å². The van der Waals surface area contributed by atoms with Crippen LogP contribution in [-0.2, 0) is 0 Å². The Morgan fingerprint density at radius 3 is 2.23 bits per heavy atom. The lowest BCUT2D eigenvalue weighted by molar-refractivity contribution is 0.0971. The van der Waals surface area contributed by atoms with Gasteiger partial charge >= 0.3 is 0 Å². The smallest absolute Gasteiger partial charge is 0.257 e. The summed E-state index contributed by atoms with van der Waals surface area (Å²) in [7, 11) is 3.10. The Kier molecular flexibility index (Phi) is 5.60. The summed E-state index contributed by atoms with van der Waals surface area (Å²) in [5.41, 5.74) is 0.462. The second kappa shape index (κ2) is 7.45. The lowest BCUT2D eigenvalue weighted by Crippen LogP contribution is -2.46. The van der Waals surface area contributed by atoms with E-state index in [-0.39, 0.29) is 5.91 Å². The van der Waals surface area contributed by atoms with Crippen molar-refractivity contribution in [2.24, 2.45) is 5.92 Å². The highest BCUT2D eigenvalue weighted by atomic mass is 32.1. The van der Waals surface area contributed by atoms with Crippen LogP contribution in [0.5, 0.6) is 11.5 Å². The number of amides is 1. The maximum absolute atomic E-state index is 12.4. The van der Waals surface area contributed by atoms with E-state index in [2.05, 4.69) is 12.2 Å². The van der Waals surface area contributed by atoms with Gasteiger partial charge in [-0.1, -0.05) is 6.92 Å². The van der Waals surface area contributed by atoms with Gasteiger partial charge in [0.2, 0.25) is 0 Å². The van der Waals surface area contributed by atoms with E-state index in [1.807, 2.05) is 4.90 Å². The highest BCUT2D eigenvalue weighted by Gasteiger charge is 2.20. The van der Waals surface area contributed by atoms with Gasteiger partial charge in [-0.25, -0.2) is 0 Å². The Labute approximate surface area is 136 Å². The molecule has 120 valence electrons. The zero-order valence-electron chi connectivity index (χ0n) is 13.2. The molecule has 0 atom stereocenters. The van der Waals surface area contributed by atoms with Crippen LogP contribution in [0.2, 0.25) is 0 Å². The van der Waals surface area contributed by atoms with Gasteiger partial charge in [-0.15, -0.1) is 0 Å². The fraction of sp³-hybridized carbons (Fsp3) is 0.500. The third-order valence-electron chi connectivity index (χ3n) is 3.90. The Bertz CT molecular complexity index is 532. The number of carbonyl (C=O) groups is 1. The summed E-state index contributed by atoms with van der Waals surface area (Å²) in [6.45, 7) is 4.02. The fourth-order valence-electron chi connectivity index (χ4n) is 2.40. The Hall–Kier alpha value is -1.82. The van der Waals surface area contributed by atoms with Crippen LogP contribution in [0, 0.1) is 5.92 Å². The molecule has 0 aliphatic carbocycles. The van der Waals surface area contributed by atoms with E-state index in [1.165, 1.54) is 0 Å². The highest BCUT2D eigenvalue weighted by Crippen LogP contribution is 2.22. The number of methoxy groups -OCH3 is 2. The Morgan fingerprint density at radius 1 is 1.18 bits per heavy atom. The Balaban J connectivity index is 2.04. The molecule has 0 bridgehead atoms. The molecule has 1 aliphatic rings. The van der Waals surface area contributed by atoms with E-state index in [1.54, 1.807) is 32.4 Å². The lowest BCUT2D eigenvalue weighted by Gasteiger charge is -2.32. The molecule has 0 saturated carbocycles. The van der Waals surface area contributed by atoms with E-state index in [0.29, 0.717) is 22.2 Å². The fourth-order valence-corrected chi connectivity index (χ4v) is 2.67. The summed E-state index contributed by atoms with van der Waals surface area (Å²) < 4.78 is 10.4. The number of carbonyl (C=O) groups excluding carboxylic acids is 1.